The molecule has 3 atom stereocenters. The summed E-state index contributed by atoms with van der Waals surface area (Å²) in [6.45, 7) is 3.71. The second-order valence-electron chi connectivity index (χ2n) is 6.17. The van der Waals surface area contributed by atoms with Gasteiger partial charge in [-0.15, -0.1) is 0 Å². The lowest BCUT2D eigenvalue weighted by Crippen LogP contribution is -2.42. The first kappa shape index (κ1) is 18.7. The third kappa shape index (κ3) is 4.68. The summed E-state index contributed by atoms with van der Waals surface area (Å²) in [4.78, 5) is 11.7. The number of ether oxygens (including phenoxy) is 1. The Kier molecular flexibility index (Phi) is 5.84. The van der Waals surface area contributed by atoms with Gasteiger partial charge in [-0.05, 0) is 31.0 Å². The van der Waals surface area contributed by atoms with Crippen LogP contribution in [0, 0.1) is 0 Å². The molecule has 0 aromatic heterocycles. The maximum atomic E-state index is 11.7. The van der Waals surface area contributed by atoms with Crippen molar-refractivity contribution < 1.29 is 17.9 Å². The zero-order valence-electron chi connectivity index (χ0n) is 14.2. The number of nitrogens with two attached hydrogens (primary N) is 1. The number of hydrogen-bond donors (Lipinski definition) is 3. The summed E-state index contributed by atoms with van der Waals surface area (Å²) in [6.07, 6.45) is 3.04. The fourth-order valence-corrected chi connectivity index (χ4v) is 3.49. The van der Waals surface area contributed by atoms with Gasteiger partial charge in [0.05, 0.1) is 11.9 Å². The first-order valence-electron chi connectivity index (χ1n) is 8.05. The highest BCUT2D eigenvalue weighted by atomic mass is 32.2. The summed E-state index contributed by atoms with van der Waals surface area (Å²) < 4.78 is 31.4. The van der Waals surface area contributed by atoms with E-state index in [0.717, 1.165) is 24.7 Å². The third-order valence-corrected chi connectivity index (χ3v) is 4.72. The number of carbonyl (C=O) groups is 1. The van der Waals surface area contributed by atoms with Crippen molar-refractivity contribution in [3.63, 3.8) is 0 Å². The third-order valence-electron chi connectivity index (χ3n) is 3.99. The van der Waals surface area contributed by atoms with E-state index in [-0.39, 0.29) is 5.91 Å². The molecule has 0 aliphatic carbocycles. The summed E-state index contributed by atoms with van der Waals surface area (Å²) >= 11 is 0. The smallest absolute Gasteiger partial charge is 0.265 e. The molecule has 0 saturated heterocycles. The lowest BCUT2D eigenvalue weighted by molar-refractivity contribution is -0.122. The minimum absolute atomic E-state index is 0.218. The number of amides is 1. The van der Waals surface area contributed by atoms with Gasteiger partial charge in [0.2, 0.25) is 10.0 Å². The van der Waals surface area contributed by atoms with Gasteiger partial charge in [0.15, 0.2) is 6.10 Å². The minimum atomic E-state index is -3.36. The lowest BCUT2D eigenvalue weighted by atomic mass is 9.96. The molecule has 7 nitrogen and oxygen atoms in total. The van der Waals surface area contributed by atoms with Gasteiger partial charge < -0.3 is 15.8 Å². The second kappa shape index (κ2) is 7.50. The van der Waals surface area contributed by atoms with E-state index in [1.54, 1.807) is 25.1 Å². The van der Waals surface area contributed by atoms with Crippen LogP contribution in [0.15, 0.2) is 18.2 Å². The quantitative estimate of drug-likeness (QED) is 0.687. The average Bonchev–Trinajstić information content (AvgIpc) is 2.50. The van der Waals surface area contributed by atoms with Crippen LogP contribution in [-0.2, 0) is 14.8 Å². The molecule has 1 aromatic rings. The summed E-state index contributed by atoms with van der Waals surface area (Å²) in [5.74, 6) is 0.365. The molecular weight excluding hydrogens is 330 g/mol. The highest BCUT2D eigenvalue weighted by molar-refractivity contribution is 7.88. The largest absolute Gasteiger partial charge is 0.479 e. The molecule has 1 heterocycles. The van der Waals surface area contributed by atoms with E-state index in [4.69, 9.17) is 10.5 Å². The van der Waals surface area contributed by atoms with Crippen molar-refractivity contribution in [1.82, 2.24) is 4.72 Å². The standard InChI is InChI=1S/C16H25N3O4S/c1-4-5-6-12(19-24(3,21)22)15(17)11-7-8-14-13(9-11)18-16(20)10(2)23-14/h7-10,12,15,19H,4-6,17H2,1-3H3,(H,18,20). The molecule has 0 radical (unpaired) electrons. The number of fused-ring (bicyclic) bond motifs is 1. The molecule has 8 heteroatoms. The van der Waals surface area contributed by atoms with E-state index in [1.807, 2.05) is 6.92 Å². The number of sulfonamides is 1. The molecule has 3 unspecified atom stereocenters. The minimum Gasteiger partial charge on any atom is -0.479 e. The molecule has 2 rings (SSSR count). The first-order valence-corrected chi connectivity index (χ1v) is 9.94. The van der Waals surface area contributed by atoms with Crippen LogP contribution in [0.2, 0.25) is 0 Å². The fourth-order valence-electron chi connectivity index (χ4n) is 2.68. The van der Waals surface area contributed by atoms with Crippen LogP contribution in [0.25, 0.3) is 0 Å². The molecule has 0 saturated carbocycles. The Bertz CT molecular complexity index is 705. The molecule has 1 aromatic carbocycles. The molecule has 0 spiro atoms. The van der Waals surface area contributed by atoms with Gasteiger partial charge in [0.25, 0.3) is 5.91 Å². The Morgan fingerprint density at radius 1 is 1.42 bits per heavy atom. The predicted molar refractivity (Wildman–Crippen MR) is 93.4 cm³/mol. The van der Waals surface area contributed by atoms with E-state index < -0.39 is 28.2 Å². The van der Waals surface area contributed by atoms with Gasteiger partial charge in [0, 0.05) is 12.1 Å². The molecule has 1 aliphatic rings. The van der Waals surface area contributed by atoms with Gasteiger partial charge >= 0.3 is 0 Å². The average molecular weight is 355 g/mol. The van der Waals surface area contributed by atoms with Crippen molar-refractivity contribution in [2.45, 2.75) is 51.3 Å². The lowest BCUT2D eigenvalue weighted by Gasteiger charge is -2.27. The summed E-state index contributed by atoms with van der Waals surface area (Å²) in [7, 11) is -3.36. The SMILES string of the molecule is CCCCC(NS(C)(=O)=O)C(N)c1ccc2c(c1)NC(=O)C(C)O2. The van der Waals surface area contributed by atoms with Crippen molar-refractivity contribution in [3.8, 4) is 5.75 Å². The Labute approximate surface area is 143 Å². The molecule has 4 N–H and O–H groups in total. The van der Waals surface area contributed by atoms with Gasteiger partial charge in [-0.1, -0.05) is 25.8 Å². The van der Waals surface area contributed by atoms with Crippen molar-refractivity contribution >= 4 is 21.6 Å². The van der Waals surface area contributed by atoms with Crippen LogP contribution in [0.4, 0.5) is 5.69 Å². The number of anilines is 1. The van der Waals surface area contributed by atoms with Crippen LogP contribution >= 0.6 is 0 Å². The Balaban J connectivity index is 2.24. The number of carbonyl (C=O) groups excluding carboxylic acids is 1. The molecule has 1 aliphatic heterocycles. The molecule has 24 heavy (non-hydrogen) atoms. The van der Waals surface area contributed by atoms with Crippen LogP contribution in [0.5, 0.6) is 5.75 Å². The Morgan fingerprint density at radius 2 is 2.12 bits per heavy atom. The van der Waals surface area contributed by atoms with Gasteiger partial charge in [-0.2, -0.15) is 0 Å². The van der Waals surface area contributed by atoms with Crippen LogP contribution in [-0.4, -0.2) is 32.7 Å². The van der Waals surface area contributed by atoms with E-state index in [1.165, 1.54) is 0 Å². The highest BCUT2D eigenvalue weighted by Gasteiger charge is 2.27. The maximum absolute atomic E-state index is 11.7. The van der Waals surface area contributed by atoms with E-state index in [9.17, 15) is 13.2 Å². The normalized spacial score (nSPS) is 19.8. The summed E-state index contributed by atoms with van der Waals surface area (Å²) in [5, 5.41) is 2.78. The van der Waals surface area contributed by atoms with Gasteiger partial charge in [0.1, 0.15) is 5.75 Å². The van der Waals surface area contributed by atoms with Crippen LogP contribution in [0.3, 0.4) is 0 Å². The van der Waals surface area contributed by atoms with E-state index in [0.29, 0.717) is 17.9 Å². The van der Waals surface area contributed by atoms with Crippen molar-refractivity contribution in [3.05, 3.63) is 23.8 Å². The van der Waals surface area contributed by atoms with Crippen molar-refractivity contribution in [2.24, 2.45) is 5.73 Å². The van der Waals surface area contributed by atoms with Crippen molar-refractivity contribution in [1.29, 1.82) is 0 Å². The maximum Gasteiger partial charge on any atom is 0.265 e. The number of hydrogen-bond acceptors (Lipinski definition) is 5. The van der Waals surface area contributed by atoms with E-state index >= 15 is 0 Å². The second-order valence-corrected chi connectivity index (χ2v) is 7.95. The highest BCUT2D eigenvalue weighted by Crippen LogP contribution is 2.33. The Hall–Kier alpha value is -1.64. The van der Waals surface area contributed by atoms with Gasteiger partial charge in [-0.25, -0.2) is 13.1 Å². The Morgan fingerprint density at radius 3 is 2.75 bits per heavy atom. The molecular formula is C16H25N3O4S. The summed E-state index contributed by atoms with van der Waals surface area (Å²) in [5.41, 5.74) is 7.60. The first-order chi connectivity index (χ1) is 11.2. The number of rotatable bonds is 7. The number of unbranched alkanes of at least 4 members (excludes halogenated alkanes) is 1. The van der Waals surface area contributed by atoms with Crippen molar-refractivity contribution in [2.75, 3.05) is 11.6 Å². The van der Waals surface area contributed by atoms with E-state index in [2.05, 4.69) is 10.0 Å². The monoisotopic (exact) mass is 355 g/mol. The zero-order valence-corrected chi connectivity index (χ0v) is 15.0. The fraction of sp³-hybridized carbons (Fsp3) is 0.562. The van der Waals surface area contributed by atoms with Crippen LogP contribution in [0.1, 0.15) is 44.7 Å². The molecule has 0 fully saturated rings. The van der Waals surface area contributed by atoms with Crippen LogP contribution < -0.4 is 20.5 Å². The predicted octanol–water partition coefficient (Wildman–Crippen LogP) is 1.51. The molecule has 134 valence electrons. The summed E-state index contributed by atoms with van der Waals surface area (Å²) in [6, 6.07) is 4.37. The zero-order chi connectivity index (χ0) is 17.9. The number of benzene rings is 1. The number of nitrogens with one attached hydrogen (secondary N) is 2. The molecule has 0 bridgehead atoms. The topological polar surface area (TPSA) is 111 Å². The van der Waals surface area contributed by atoms with Gasteiger partial charge in [-0.3, -0.25) is 4.79 Å². The molecule has 1 amide bonds.